The number of carbonyl (C=O) groups is 2. The first-order valence-electron chi connectivity index (χ1n) is 13.3. The molecule has 1 spiro atoms. The number of rotatable bonds is 8. The second-order valence-electron chi connectivity index (χ2n) is 10.9. The van der Waals surface area contributed by atoms with Crippen LogP contribution < -0.4 is 10.1 Å². The summed E-state index contributed by atoms with van der Waals surface area (Å²) in [5.74, 6) is -0.461. The van der Waals surface area contributed by atoms with Crippen molar-refractivity contribution in [3.8, 4) is 5.75 Å². The van der Waals surface area contributed by atoms with Crippen molar-refractivity contribution in [1.29, 1.82) is 0 Å². The molecule has 2 aliphatic heterocycles. The molecule has 1 aliphatic carbocycles. The molecule has 6 nitrogen and oxygen atoms in total. The van der Waals surface area contributed by atoms with Crippen molar-refractivity contribution in [1.82, 2.24) is 10.2 Å². The van der Waals surface area contributed by atoms with Gasteiger partial charge in [-0.3, -0.25) is 9.59 Å². The summed E-state index contributed by atoms with van der Waals surface area (Å²) in [6, 6.07) is 8.48. The molecule has 2 amide bonds. The van der Waals surface area contributed by atoms with Gasteiger partial charge in [-0.1, -0.05) is 11.6 Å². The number of hydrogen-bond acceptors (Lipinski definition) is 4. The lowest BCUT2D eigenvalue weighted by Crippen LogP contribution is -2.49. The Morgan fingerprint density at radius 2 is 1.87 bits per heavy atom. The van der Waals surface area contributed by atoms with Crippen LogP contribution in [0, 0.1) is 23.0 Å². The summed E-state index contributed by atoms with van der Waals surface area (Å²) in [6.45, 7) is 2.65. The summed E-state index contributed by atoms with van der Waals surface area (Å²) in [7, 11) is 0. The second-order valence-corrected chi connectivity index (χ2v) is 11.3. The minimum absolute atomic E-state index is 0.00786. The summed E-state index contributed by atoms with van der Waals surface area (Å²) >= 11 is 6.05. The largest absolute Gasteiger partial charge is 0.493 e. The van der Waals surface area contributed by atoms with Crippen LogP contribution in [0.5, 0.6) is 5.75 Å². The van der Waals surface area contributed by atoms with E-state index >= 15 is 0 Å². The van der Waals surface area contributed by atoms with Crippen molar-refractivity contribution in [3.63, 3.8) is 0 Å². The number of likely N-dealkylation sites (tertiary alicyclic amines) is 1. The van der Waals surface area contributed by atoms with Crippen LogP contribution in [-0.4, -0.2) is 55.7 Å². The minimum Gasteiger partial charge on any atom is -0.493 e. The highest BCUT2D eigenvalue weighted by Crippen LogP contribution is 2.41. The first-order valence-corrected chi connectivity index (χ1v) is 13.7. The third-order valence-corrected chi connectivity index (χ3v) is 8.34. The maximum absolute atomic E-state index is 14.7. The highest BCUT2D eigenvalue weighted by atomic mass is 35.5. The number of ether oxygens (including phenoxy) is 2. The predicted octanol–water partition coefficient (Wildman–Crippen LogP) is 5.17. The molecule has 0 aromatic heterocycles. The van der Waals surface area contributed by atoms with Crippen molar-refractivity contribution in [3.05, 3.63) is 64.2 Å². The van der Waals surface area contributed by atoms with Crippen LogP contribution in [-0.2, 0) is 16.0 Å². The van der Waals surface area contributed by atoms with E-state index in [1.165, 1.54) is 30.3 Å². The Kier molecular flexibility index (Phi) is 8.19. The molecular formula is C29H33ClF2N2O4. The molecule has 2 aromatic rings. The van der Waals surface area contributed by atoms with E-state index in [4.69, 9.17) is 21.1 Å². The van der Waals surface area contributed by atoms with Crippen molar-refractivity contribution < 1.29 is 27.8 Å². The zero-order chi connectivity index (χ0) is 26.7. The fourth-order valence-electron chi connectivity index (χ4n) is 5.23. The quantitative estimate of drug-likeness (QED) is 0.496. The Bertz CT molecular complexity index is 1170. The van der Waals surface area contributed by atoms with Gasteiger partial charge in [0, 0.05) is 30.7 Å². The van der Waals surface area contributed by atoms with E-state index < -0.39 is 11.6 Å². The summed E-state index contributed by atoms with van der Waals surface area (Å²) in [6.07, 6.45) is 5.55. The van der Waals surface area contributed by atoms with Gasteiger partial charge in [0.1, 0.15) is 17.4 Å². The Balaban J connectivity index is 1.05. The Morgan fingerprint density at radius 1 is 1.08 bits per heavy atom. The van der Waals surface area contributed by atoms with Gasteiger partial charge in [0.2, 0.25) is 5.91 Å². The van der Waals surface area contributed by atoms with Crippen LogP contribution >= 0.6 is 11.6 Å². The maximum atomic E-state index is 14.7. The molecule has 9 heteroatoms. The van der Waals surface area contributed by atoms with E-state index in [-0.39, 0.29) is 35.3 Å². The molecule has 3 fully saturated rings. The first kappa shape index (κ1) is 26.9. The molecular weight excluding hydrogens is 514 g/mol. The lowest BCUT2D eigenvalue weighted by Gasteiger charge is -2.45. The first-order chi connectivity index (χ1) is 18.3. The maximum Gasteiger partial charge on any atom is 0.256 e. The second kappa shape index (κ2) is 11.6. The predicted molar refractivity (Wildman–Crippen MR) is 139 cm³/mol. The standard InChI is InChI=1S/C29H33ClF2N2O4/c30-25-6-3-21(31)13-20(25)14-27(35)33-16-23-7-8-29(18-38-23)9-11-34(12-10-29)28(36)24-5-4-22(15-26(24)32)37-17-19-1-2-19/h3-6,13,15,19,23H,1-2,7-12,14,16-18H2,(H,33,35). The van der Waals surface area contributed by atoms with Crippen LogP contribution in [0.15, 0.2) is 36.4 Å². The van der Waals surface area contributed by atoms with E-state index in [1.54, 1.807) is 11.0 Å². The molecule has 204 valence electrons. The number of piperidine rings is 1. The van der Waals surface area contributed by atoms with Gasteiger partial charge in [-0.05, 0) is 85.8 Å². The average Bonchev–Trinajstić information content (AvgIpc) is 3.74. The number of carbonyl (C=O) groups excluding carboxylic acids is 2. The topological polar surface area (TPSA) is 67.9 Å². The van der Waals surface area contributed by atoms with Crippen LogP contribution in [0.3, 0.4) is 0 Å². The molecule has 1 atom stereocenters. The van der Waals surface area contributed by atoms with E-state index in [1.807, 2.05) is 0 Å². The monoisotopic (exact) mass is 546 g/mol. The van der Waals surface area contributed by atoms with Crippen LogP contribution in [0.25, 0.3) is 0 Å². The third-order valence-electron chi connectivity index (χ3n) is 7.97. The molecule has 1 unspecified atom stereocenters. The molecule has 1 N–H and O–H groups in total. The molecule has 2 aromatic carbocycles. The highest BCUT2D eigenvalue weighted by Gasteiger charge is 2.40. The number of nitrogens with zero attached hydrogens (tertiary/aromatic N) is 1. The zero-order valence-corrected chi connectivity index (χ0v) is 22.1. The molecule has 2 saturated heterocycles. The van der Waals surface area contributed by atoms with Crippen molar-refractivity contribution in [2.24, 2.45) is 11.3 Å². The normalized spacial score (nSPS) is 20.8. The average molecular weight is 547 g/mol. The van der Waals surface area contributed by atoms with Crippen molar-refractivity contribution in [2.75, 3.05) is 32.8 Å². The highest BCUT2D eigenvalue weighted by molar-refractivity contribution is 6.31. The number of hydrogen-bond donors (Lipinski definition) is 1. The summed E-state index contributed by atoms with van der Waals surface area (Å²) < 4.78 is 39.8. The number of nitrogens with one attached hydrogen (secondary N) is 1. The number of benzene rings is 2. The number of amides is 2. The van der Waals surface area contributed by atoms with Gasteiger partial charge in [-0.15, -0.1) is 0 Å². The third kappa shape index (κ3) is 6.64. The van der Waals surface area contributed by atoms with Gasteiger partial charge < -0.3 is 19.7 Å². The van der Waals surface area contributed by atoms with Gasteiger partial charge in [0.05, 0.1) is 31.3 Å². The van der Waals surface area contributed by atoms with Gasteiger partial charge >= 0.3 is 0 Å². The van der Waals surface area contributed by atoms with Gasteiger partial charge in [0.25, 0.3) is 5.91 Å². The summed E-state index contributed by atoms with van der Waals surface area (Å²) in [5.41, 5.74) is 0.521. The zero-order valence-electron chi connectivity index (χ0n) is 21.3. The molecule has 2 heterocycles. The minimum atomic E-state index is -0.547. The number of halogens is 3. The molecule has 0 radical (unpaired) electrons. The molecule has 5 rings (SSSR count). The van der Waals surface area contributed by atoms with Crippen molar-refractivity contribution in [2.45, 2.75) is 51.0 Å². The van der Waals surface area contributed by atoms with Crippen LogP contribution in [0.2, 0.25) is 5.02 Å². The summed E-state index contributed by atoms with van der Waals surface area (Å²) in [5, 5.41) is 3.22. The van der Waals surface area contributed by atoms with Gasteiger partial charge in [-0.25, -0.2) is 8.78 Å². The van der Waals surface area contributed by atoms with Gasteiger partial charge in [-0.2, -0.15) is 0 Å². The SMILES string of the molecule is O=C(Cc1cc(F)ccc1Cl)NCC1CCC2(CCN(C(=O)c3ccc(OCC4CC4)cc3F)CC2)CO1. The molecule has 38 heavy (non-hydrogen) atoms. The smallest absolute Gasteiger partial charge is 0.256 e. The molecule has 3 aliphatic rings. The van der Waals surface area contributed by atoms with E-state index in [2.05, 4.69) is 5.32 Å². The van der Waals surface area contributed by atoms with Crippen LogP contribution in [0.4, 0.5) is 8.78 Å². The fraction of sp³-hybridized carbons (Fsp3) is 0.517. The lowest BCUT2D eigenvalue weighted by molar-refractivity contribution is -0.122. The van der Waals surface area contributed by atoms with Crippen molar-refractivity contribution >= 4 is 23.4 Å². The van der Waals surface area contributed by atoms with E-state index in [0.29, 0.717) is 55.1 Å². The van der Waals surface area contributed by atoms with Gasteiger partial charge in [0.15, 0.2) is 0 Å². The fourth-order valence-corrected chi connectivity index (χ4v) is 5.41. The summed E-state index contributed by atoms with van der Waals surface area (Å²) in [4.78, 5) is 27.0. The van der Waals surface area contributed by atoms with Crippen LogP contribution in [0.1, 0.15) is 54.4 Å². The molecule has 1 saturated carbocycles. The Morgan fingerprint density at radius 3 is 2.55 bits per heavy atom. The van der Waals surface area contributed by atoms with E-state index in [9.17, 15) is 18.4 Å². The Labute approximate surface area is 226 Å². The molecule has 0 bridgehead atoms. The van der Waals surface area contributed by atoms with E-state index in [0.717, 1.165) is 38.5 Å². The Hall–Kier alpha value is -2.71. The lowest BCUT2D eigenvalue weighted by atomic mass is 9.73.